The molecule has 0 bridgehead atoms. The Morgan fingerprint density at radius 1 is 1.13 bits per heavy atom. The third-order valence-electron chi connectivity index (χ3n) is 2.58. The predicted molar refractivity (Wildman–Crippen MR) is 60.3 cm³/mol. The quantitative estimate of drug-likeness (QED) is 0.754. The molecule has 3 heteroatoms. The van der Waals surface area contributed by atoms with Gasteiger partial charge in [0.1, 0.15) is 0 Å². The molecule has 0 heterocycles. The lowest BCUT2D eigenvalue weighted by Crippen LogP contribution is -2.19. The summed E-state index contributed by atoms with van der Waals surface area (Å²) in [5.41, 5.74) is 4.94. The molecule has 0 spiro atoms. The Kier molecular flexibility index (Phi) is 4.27. The molecule has 1 aromatic carbocycles. The SMILES string of the molecule is CONCc1ccc(C(C)(C)OC)cc1. The van der Waals surface area contributed by atoms with E-state index < -0.39 is 0 Å². The molecule has 0 radical (unpaired) electrons. The fourth-order valence-corrected chi connectivity index (χ4v) is 1.30. The highest BCUT2D eigenvalue weighted by molar-refractivity contribution is 5.26. The molecule has 15 heavy (non-hydrogen) atoms. The molecule has 1 rings (SSSR count). The number of rotatable bonds is 5. The minimum absolute atomic E-state index is 0.229. The third kappa shape index (κ3) is 3.30. The van der Waals surface area contributed by atoms with Crippen LogP contribution < -0.4 is 5.48 Å². The van der Waals surface area contributed by atoms with Gasteiger partial charge < -0.3 is 9.57 Å². The summed E-state index contributed by atoms with van der Waals surface area (Å²) < 4.78 is 5.40. The van der Waals surface area contributed by atoms with E-state index in [9.17, 15) is 0 Å². The zero-order valence-corrected chi connectivity index (χ0v) is 9.83. The molecule has 0 aromatic heterocycles. The minimum Gasteiger partial charge on any atom is -0.374 e. The van der Waals surface area contributed by atoms with Gasteiger partial charge in [-0.25, -0.2) is 0 Å². The summed E-state index contributed by atoms with van der Waals surface area (Å²) in [6.45, 7) is 4.81. The van der Waals surface area contributed by atoms with Crippen LogP contribution in [0.1, 0.15) is 25.0 Å². The van der Waals surface area contributed by atoms with Crippen molar-refractivity contribution >= 4 is 0 Å². The number of methoxy groups -OCH3 is 1. The second-order valence-corrected chi connectivity index (χ2v) is 3.94. The Labute approximate surface area is 91.4 Å². The van der Waals surface area contributed by atoms with Crippen LogP contribution in [0.15, 0.2) is 24.3 Å². The highest BCUT2D eigenvalue weighted by Crippen LogP contribution is 2.23. The third-order valence-corrected chi connectivity index (χ3v) is 2.58. The Hall–Kier alpha value is -0.900. The van der Waals surface area contributed by atoms with E-state index in [-0.39, 0.29) is 5.60 Å². The van der Waals surface area contributed by atoms with E-state index in [1.165, 1.54) is 11.1 Å². The van der Waals surface area contributed by atoms with Crippen LogP contribution in [0.3, 0.4) is 0 Å². The van der Waals surface area contributed by atoms with Gasteiger partial charge in [-0.2, -0.15) is 5.48 Å². The van der Waals surface area contributed by atoms with Crippen LogP contribution in [-0.4, -0.2) is 14.2 Å². The Bertz CT molecular complexity index is 293. The number of hydrogen-bond donors (Lipinski definition) is 1. The summed E-state index contributed by atoms with van der Waals surface area (Å²) in [5.74, 6) is 0. The van der Waals surface area contributed by atoms with Gasteiger partial charge in [0.15, 0.2) is 0 Å². The second-order valence-electron chi connectivity index (χ2n) is 3.94. The van der Waals surface area contributed by atoms with Gasteiger partial charge in [-0.3, -0.25) is 0 Å². The van der Waals surface area contributed by atoms with Gasteiger partial charge in [-0.05, 0) is 25.0 Å². The Balaban J connectivity index is 2.72. The predicted octanol–water partition coefficient (Wildman–Crippen LogP) is 2.22. The first-order chi connectivity index (χ1) is 7.10. The van der Waals surface area contributed by atoms with Crippen molar-refractivity contribution in [2.45, 2.75) is 26.0 Å². The average Bonchev–Trinajstić information content (AvgIpc) is 2.27. The van der Waals surface area contributed by atoms with Gasteiger partial charge in [-0.1, -0.05) is 24.3 Å². The normalized spacial score (nSPS) is 11.7. The lowest BCUT2D eigenvalue weighted by molar-refractivity contribution is 0.0192. The maximum Gasteiger partial charge on any atom is 0.0871 e. The maximum atomic E-state index is 5.40. The molecule has 1 aromatic rings. The molecule has 0 saturated carbocycles. The second kappa shape index (κ2) is 5.26. The number of ether oxygens (including phenoxy) is 1. The largest absolute Gasteiger partial charge is 0.374 e. The van der Waals surface area contributed by atoms with Crippen LogP contribution in [0.2, 0.25) is 0 Å². The molecular weight excluding hydrogens is 190 g/mol. The lowest BCUT2D eigenvalue weighted by atomic mass is 9.97. The topological polar surface area (TPSA) is 30.5 Å². The van der Waals surface area contributed by atoms with Crippen LogP contribution in [0.4, 0.5) is 0 Å². The average molecular weight is 209 g/mol. The molecule has 0 atom stereocenters. The van der Waals surface area contributed by atoms with Crippen molar-refractivity contribution in [2.24, 2.45) is 0 Å². The van der Waals surface area contributed by atoms with Crippen molar-refractivity contribution in [3.63, 3.8) is 0 Å². The van der Waals surface area contributed by atoms with Crippen molar-refractivity contribution in [1.29, 1.82) is 0 Å². The maximum absolute atomic E-state index is 5.40. The summed E-state index contributed by atoms with van der Waals surface area (Å²) >= 11 is 0. The molecule has 0 fully saturated rings. The van der Waals surface area contributed by atoms with Crippen molar-refractivity contribution in [3.8, 4) is 0 Å². The summed E-state index contributed by atoms with van der Waals surface area (Å²) in [4.78, 5) is 4.79. The van der Waals surface area contributed by atoms with Crippen molar-refractivity contribution in [1.82, 2.24) is 5.48 Å². The van der Waals surface area contributed by atoms with E-state index in [1.807, 2.05) is 0 Å². The van der Waals surface area contributed by atoms with E-state index >= 15 is 0 Å². The number of hydroxylamine groups is 1. The zero-order chi connectivity index (χ0) is 11.3. The van der Waals surface area contributed by atoms with E-state index in [0.717, 1.165) is 0 Å². The molecule has 0 saturated heterocycles. The molecule has 0 aliphatic carbocycles. The molecule has 1 N–H and O–H groups in total. The lowest BCUT2D eigenvalue weighted by Gasteiger charge is -2.23. The molecule has 84 valence electrons. The standard InChI is InChI=1S/C12H19NO2/c1-12(2,14-3)11-7-5-10(6-8-11)9-13-15-4/h5-8,13H,9H2,1-4H3. The first-order valence-electron chi connectivity index (χ1n) is 5.00. The van der Waals surface area contributed by atoms with Gasteiger partial charge in [0.2, 0.25) is 0 Å². The van der Waals surface area contributed by atoms with Gasteiger partial charge >= 0.3 is 0 Å². The zero-order valence-electron chi connectivity index (χ0n) is 9.83. The summed E-state index contributed by atoms with van der Waals surface area (Å²) in [7, 11) is 3.34. The first kappa shape index (κ1) is 12.2. The van der Waals surface area contributed by atoms with E-state index in [1.54, 1.807) is 14.2 Å². The monoisotopic (exact) mass is 209 g/mol. The van der Waals surface area contributed by atoms with Crippen LogP contribution >= 0.6 is 0 Å². The summed E-state index contributed by atoms with van der Waals surface area (Å²) in [5, 5.41) is 0. The highest BCUT2D eigenvalue weighted by Gasteiger charge is 2.18. The van der Waals surface area contributed by atoms with Crippen molar-refractivity contribution < 1.29 is 9.57 Å². The Morgan fingerprint density at radius 3 is 2.20 bits per heavy atom. The fourth-order valence-electron chi connectivity index (χ4n) is 1.30. The molecular formula is C12H19NO2. The van der Waals surface area contributed by atoms with Crippen LogP contribution in [-0.2, 0) is 21.7 Å². The van der Waals surface area contributed by atoms with Gasteiger partial charge in [0, 0.05) is 13.7 Å². The van der Waals surface area contributed by atoms with Crippen molar-refractivity contribution in [3.05, 3.63) is 35.4 Å². The number of benzene rings is 1. The summed E-state index contributed by atoms with van der Waals surface area (Å²) in [6, 6.07) is 8.30. The van der Waals surface area contributed by atoms with Gasteiger partial charge in [-0.15, -0.1) is 0 Å². The molecule has 3 nitrogen and oxygen atoms in total. The highest BCUT2D eigenvalue weighted by atomic mass is 16.6. The van der Waals surface area contributed by atoms with Crippen LogP contribution in [0, 0.1) is 0 Å². The van der Waals surface area contributed by atoms with E-state index in [0.29, 0.717) is 6.54 Å². The van der Waals surface area contributed by atoms with E-state index in [4.69, 9.17) is 9.57 Å². The van der Waals surface area contributed by atoms with Gasteiger partial charge in [0.25, 0.3) is 0 Å². The molecule has 0 amide bonds. The first-order valence-corrected chi connectivity index (χ1v) is 5.00. The van der Waals surface area contributed by atoms with E-state index in [2.05, 4.69) is 43.6 Å². The molecule has 0 aliphatic heterocycles. The van der Waals surface area contributed by atoms with Crippen LogP contribution in [0.5, 0.6) is 0 Å². The number of hydrogen-bond acceptors (Lipinski definition) is 3. The summed E-state index contributed by atoms with van der Waals surface area (Å²) in [6.07, 6.45) is 0. The Morgan fingerprint density at radius 2 is 1.73 bits per heavy atom. The molecule has 0 aliphatic rings. The smallest absolute Gasteiger partial charge is 0.0871 e. The molecule has 0 unspecified atom stereocenters. The van der Waals surface area contributed by atoms with Gasteiger partial charge in [0.05, 0.1) is 12.7 Å². The number of nitrogens with one attached hydrogen (secondary N) is 1. The van der Waals surface area contributed by atoms with Crippen molar-refractivity contribution in [2.75, 3.05) is 14.2 Å². The minimum atomic E-state index is -0.229. The van der Waals surface area contributed by atoms with Crippen LogP contribution in [0.25, 0.3) is 0 Å². The fraction of sp³-hybridized carbons (Fsp3) is 0.500.